The van der Waals surface area contributed by atoms with Crippen LogP contribution in [0.1, 0.15) is 10.4 Å². The Kier molecular flexibility index (Phi) is 4.52. The molecule has 1 aromatic heterocycles. The van der Waals surface area contributed by atoms with Crippen molar-refractivity contribution in [1.82, 2.24) is 4.98 Å². The van der Waals surface area contributed by atoms with E-state index in [4.69, 9.17) is 5.11 Å². The predicted octanol–water partition coefficient (Wildman–Crippen LogP) is 3.84. The van der Waals surface area contributed by atoms with Crippen LogP contribution in [0, 0.1) is 0 Å². The molecule has 104 valence electrons. The van der Waals surface area contributed by atoms with Gasteiger partial charge >= 0.3 is 5.97 Å². The first-order valence-electron chi connectivity index (χ1n) is 5.56. The van der Waals surface area contributed by atoms with Gasteiger partial charge in [-0.3, -0.25) is 0 Å². The molecule has 0 saturated heterocycles. The molecule has 0 amide bonds. The van der Waals surface area contributed by atoms with E-state index in [9.17, 15) is 13.6 Å². The minimum Gasteiger partial charge on any atom is -0.478 e. The van der Waals surface area contributed by atoms with E-state index in [0.717, 1.165) is 0 Å². The normalized spacial score (nSPS) is 10.6. The standard InChI is InChI=1S/C13H10F2N2O2S/c14-13(15)20-10-4-2-1-3-9(10)17-11-7-8(12(18)19)5-6-16-11/h1-7,13H,(H,16,17)(H,18,19). The second-order valence-electron chi connectivity index (χ2n) is 3.73. The number of aromatic nitrogens is 1. The Labute approximate surface area is 117 Å². The molecule has 0 fully saturated rings. The SMILES string of the molecule is O=C(O)c1ccnc(Nc2ccccc2SC(F)F)c1. The number of nitrogens with one attached hydrogen (secondary N) is 1. The molecule has 4 nitrogen and oxygen atoms in total. The smallest absolute Gasteiger partial charge is 0.335 e. The molecular formula is C13H10F2N2O2S. The van der Waals surface area contributed by atoms with Crippen molar-refractivity contribution in [1.29, 1.82) is 0 Å². The monoisotopic (exact) mass is 296 g/mol. The van der Waals surface area contributed by atoms with Crippen molar-refractivity contribution in [3.8, 4) is 0 Å². The van der Waals surface area contributed by atoms with Crippen LogP contribution < -0.4 is 5.32 Å². The molecule has 0 unspecified atom stereocenters. The molecule has 1 heterocycles. The van der Waals surface area contributed by atoms with Gasteiger partial charge in [0.15, 0.2) is 0 Å². The lowest BCUT2D eigenvalue weighted by molar-refractivity contribution is 0.0697. The minimum absolute atomic E-state index is 0.0708. The van der Waals surface area contributed by atoms with E-state index in [1.165, 1.54) is 18.3 Å². The van der Waals surface area contributed by atoms with Gasteiger partial charge in [0.1, 0.15) is 5.82 Å². The number of alkyl halides is 2. The fraction of sp³-hybridized carbons (Fsp3) is 0.0769. The number of pyridine rings is 1. The summed E-state index contributed by atoms with van der Waals surface area (Å²) in [5.41, 5.74) is 0.523. The molecule has 2 N–H and O–H groups in total. The number of benzene rings is 1. The maximum absolute atomic E-state index is 12.5. The number of aromatic carboxylic acids is 1. The van der Waals surface area contributed by atoms with Crippen molar-refractivity contribution in [3.63, 3.8) is 0 Å². The van der Waals surface area contributed by atoms with E-state index in [1.54, 1.807) is 24.3 Å². The number of para-hydroxylation sites is 1. The lowest BCUT2D eigenvalue weighted by Gasteiger charge is -2.10. The van der Waals surface area contributed by atoms with Gasteiger partial charge in [-0.15, -0.1) is 0 Å². The second kappa shape index (κ2) is 6.33. The predicted molar refractivity (Wildman–Crippen MR) is 72.8 cm³/mol. The van der Waals surface area contributed by atoms with Crippen molar-refractivity contribution in [2.24, 2.45) is 0 Å². The largest absolute Gasteiger partial charge is 0.478 e. The molecule has 0 bridgehead atoms. The Bertz CT molecular complexity index is 623. The third-order valence-corrected chi connectivity index (χ3v) is 3.16. The molecule has 0 spiro atoms. The molecule has 0 saturated carbocycles. The highest BCUT2D eigenvalue weighted by atomic mass is 32.2. The van der Waals surface area contributed by atoms with Crippen LogP contribution in [0.3, 0.4) is 0 Å². The third kappa shape index (κ3) is 3.67. The summed E-state index contributed by atoms with van der Waals surface area (Å²) in [5, 5.41) is 11.7. The minimum atomic E-state index is -2.53. The van der Waals surface area contributed by atoms with Crippen molar-refractivity contribution >= 4 is 29.2 Å². The number of anilines is 2. The van der Waals surface area contributed by atoms with Crippen molar-refractivity contribution in [2.75, 3.05) is 5.32 Å². The third-order valence-electron chi connectivity index (χ3n) is 2.37. The zero-order valence-corrected chi connectivity index (χ0v) is 10.9. The second-order valence-corrected chi connectivity index (χ2v) is 4.77. The Hall–Kier alpha value is -2.15. The summed E-state index contributed by atoms with van der Waals surface area (Å²) >= 11 is 0.415. The van der Waals surface area contributed by atoms with Gasteiger partial charge in [-0.2, -0.15) is 8.78 Å². The Morgan fingerprint density at radius 3 is 2.75 bits per heavy atom. The van der Waals surface area contributed by atoms with E-state index in [1.807, 2.05) is 0 Å². The Morgan fingerprint density at radius 2 is 2.05 bits per heavy atom. The summed E-state index contributed by atoms with van der Waals surface area (Å²) in [5.74, 6) is -3.32. The average molecular weight is 296 g/mol. The van der Waals surface area contributed by atoms with Crippen LogP contribution in [0.15, 0.2) is 47.5 Å². The first kappa shape index (κ1) is 14.3. The van der Waals surface area contributed by atoms with Gasteiger partial charge in [0.05, 0.1) is 11.3 Å². The van der Waals surface area contributed by atoms with Gasteiger partial charge < -0.3 is 10.4 Å². The maximum Gasteiger partial charge on any atom is 0.335 e. The van der Waals surface area contributed by atoms with Crippen LogP contribution in [0.4, 0.5) is 20.3 Å². The summed E-state index contributed by atoms with van der Waals surface area (Å²) in [6.07, 6.45) is 1.34. The average Bonchev–Trinajstić information content (AvgIpc) is 2.41. The molecule has 1 aromatic carbocycles. The molecule has 0 aliphatic carbocycles. The van der Waals surface area contributed by atoms with Gasteiger partial charge in [-0.1, -0.05) is 23.9 Å². The lowest BCUT2D eigenvalue weighted by atomic mass is 10.2. The topological polar surface area (TPSA) is 62.2 Å². The molecule has 0 aliphatic heterocycles. The number of halogens is 2. The Balaban J connectivity index is 2.25. The first-order valence-corrected chi connectivity index (χ1v) is 6.44. The fourth-order valence-corrected chi connectivity index (χ4v) is 2.13. The molecule has 0 atom stereocenters. The van der Waals surface area contributed by atoms with Crippen LogP contribution in [-0.2, 0) is 0 Å². The van der Waals surface area contributed by atoms with Crippen LogP contribution in [0.5, 0.6) is 0 Å². The van der Waals surface area contributed by atoms with Gasteiger partial charge in [0, 0.05) is 11.1 Å². The zero-order valence-electron chi connectivity index (χ0n) is 10.1. The number of carboxylic acids is 1. The van der Waals surface area contributed by atoms with Gasteiger partial charge in [-0.25, -0.2) is 9.78 Å². The number of hydrogen-bond donors (Lipinski definition) is 2. The van der Waals surface area contributed by atoms with E-state index in [-0.39, 0.29) is 11.4 Å². The quantitative estimate of drug-likeness (QED) is 0.821. The molecular weight excluding hydrogens is 286 g/mol. The highest BCUT2D eigenvalue weighted by Gasteiger charge is 2.11. The van der Waals surface area contributed by atoms with E-state index in [2.05, 4.69) is 10.3 Å². The number of carboxylic acid groups (broad SMARTS) is 1. The number of nitrogens with zero attached hydrogens (tertiary/aromatic N) is 1. The maximum atomic E-state index is 12.5. The van der Waals surface area contributed by atoms with Crippen molar-refractivity contribution in [2.45, 2.75) is 10.7 Å². The highest BCUT2D eigenvalue weighted by molar-refractivity contribution is 7.99. The van der Waals surface area contributed by atoms with Crippen LogP contribution in [0.2, 0.25) is 0 Å². The number of carbonyl (C=O) groups is 1. The van der Waals surface area contributed by atoms with Crippen molar-refractivity contribution < 1.29 is 18.7 Å². The highest BCUT2D eigenvalue weighted by Crippen LogP contribution is 2.32. The zero-order chi connectivity index (χ0) is 14.5. The van der Waals surface area contributed by atoms with Crippen LogP contribution in [0.25, 0.3) is 0 Å². The molecule has 2 rings (SSSR count). The summed E-state index contributed by atoms with van der Waals surface area (Å²) in [4.78, 5) is 15.2. The van der Waals surface area contributed by atoms with E-state index >= 15 is 0 Å². The molecule has 0 radical (unpaired) electrons. The van der Waals surface area contributed by atoms with E-state index in [0.29, 0.717) is 22.3 Å². The van der Waals surface area contributed by atoms with Gasteiger partial charge in [0.25, 0.3) is 5.76 Å². The van der Waals surface area contributed by atoms with Crippen molar-refractivity contribution in [3.05, 3.63) is 48.2 Å². The summed E-state index contributed by atoms with van der Waals surface area (Å²) < 4.78 is 24.9. The molecule has 0 aliphatic rings. The molecule has 20 heavy (non-hydrogen) atoms. The van der Waals surface area contributed by atoms with Crippen LogP contribution >= 0.6 is 11.8 Å². The fourth-order valence-electron chi connectivity index (χ4n) is 1.54. The first-order chi connectivity index (χ1) is 9.56. The number of rotatable bonds is 5. The lowest BCUT2D eigenvalue weighted by Crippen LogP contribution is -2.00. The van der Waals surface area contributed by atoms with Crippen LogP contribution in [-0.4, -0.2) is 21.8 Å². The molecule has 2 aromatic rings. The summed E-state index contributed by atoms with van der Waals surface area (Å²) in [6, 6.07) is 9.22. The summed E-state index contributed by atoms with van der Waals surface area (Å²) in [7, 11) is 0. The van der Waals surface area contributed by atoms with Gasteiger partial charge in [-0.05, 0) is 24.3 Å². The van der Waals surface area contributed by atoms with Gasteiger partial charge in [0.2, 0.25) is 0 Å². The number of thioether (sulfide) groups is 1. The number of hydrogen-bond acceptors (Lipinski definition) is 4. The molecule has 7 heteroatoms. The van der Waals surface area contributed by atoms with E-state index < -0.39 is 11.7 Å². The summed E-state index contributed by atoms with van der Waals surface area (Å²) in [6.45, 7) is 0. The Morgan fingerprint density at radius 1 is 1.30 bits per heavy atom.